The number of nitrogens with two attached hydrogens (primary N) is 1. The average molecular weight is 232 g/mol. The lowest BCUT2D eigenvalue weighted by molar-refractivity contribution is 0.316. The van der Waals surface area contributed by atoms with Crippen molar-refractivity contribution < 1.29 is 0 Å². The number of aromatic nitrogens is 1. The molecule has 92 valence electrons. The van der Waals surface area contributed by atoms with Gasteiger partial charge in [-0.2, -0.15) is 0 Å². The maximum absolute atomic E-state index is 5.86. The number of hydrogen-bond acceptors (Lipinski definition) is 4. The summed E-state index contributed by atoms with van der Waals surface area (Å²) in [6.07, 6.45) is 5.90. The van der Waals surface area contributed by atoms with Crippen molar-refractivity contribution in [3.63, 3.8) is 0 Å². The molecular weight excluding hydrogens is 212 g/mol. The Labute approximate surface area is 102 Å². The minimum atomic E-state index is 0.740. The Morgan fingerprint density at radius 3 is 3.06 bits per heavy atom. The Kier molecular flexibility index (Phi) is 2.89. The van der Waals surface area contributed by atoms with Crippen molar-refractivity contribution in [3.8, 4) is 0 Å². The van der Waals surface area contributed by atoms with Gasteiger partial charge in [-0.3, -0.25) is 0 Å². The van der Waals surface area contributed by atoms with Crippen LogP contribution in [0.5, 0.6) is 0 Å². The van der Waals surface area contributed by atoms with Gasteiger partial charge in [0.05, 0.1) is 5.69 Å². The summed E-state index contributed by atoms with van der Waals surface area (Å²) in [5.41, 5.74) is 6.60. The van der Waals surface area contributed by atoms with Crippen LogP contribution in [0.1, 0.15) is 19.3 Å². The summed E-state index contributed by atoms with van der Waals surface area (Å²) in [5, 5.41) is 3.37. The number of anilines is 2. The van der Waals surface area contributed by atoms with E-state index >= 15 is 0 Å². The van der Waals surface area contributed by atoms with E-state index in [0.717, 1.165) is 30.0 Å². The minimum absolute atomic E-state index is 0.740. The van der Waals surface area contributed by atoms with E-state index in [0.29, 0.717) is 0 Å². The highest BCUT2D eigenvalue weighted by Crippen LogP contribution is 2.31. The molecule has 3 rings (SSSR count). The fraction of sp³-hybridized carbons (Fsp3) is 0.615. The van der Waals surface area contributed by atoms with Crippen LogP contribution < -0.4 is 11.1 Å². The highest BCUT2D eigenvalue weighted by atomic mass is 15.2. The van der Waals surface area contributed by atoms with Crippen LogP contribution in [0.2, 0.25) is 0 Å². The Morgan fingerprint density at radius 2 is 2.29 bits per heavy atom. The van der Waals surface area contributed by atoms with E-state index in [2.05, 4.69) is 15.2 Å². The maximum Gasteiger partial charge on any atom is 0.149 e. The van der Waals surface area contributed by atoms with Crippen LogP contribution in [-0.4, -0.2) is 35.6 Å². The molecule has 1 aliphatic heterocycles. The lowest BCUT2D eigenvalue weighted by Crippen LogP contribution is -2.25. The van der Waals surface area contributed by atoms with E-state index in [1.807, 2.05) is 12.1 Å². The molecule has 2 heterocycles. The molecule has 1 aliphatic carbocycles. The lowest BCUT2D eigenvalue weighted by atomic mass is 10.1. The summed E-state index contributed by atoms with van der Waals surface area (Å²) in [4.78, 5) is 6.89. The molecule has 2 aliphatic rings. The molecule has 0 bridgehead atoms. The molecule has 1 aromatic heterocycles. The van der Waals surface area contributed by atoms with Gasteiger partial charge < -0.3 is 16.0 Å². The fourth-order valence-corrected chi connectivity index (χ4v) is 2.61. The summed E-state index contributed by atoms with van der Waals surface area (Å²) < 4.78 is 0. The highest BCUT2D eigenvalue weighted by molar-refractivity contribution is 5.60. The highest BCUT2D eigenvalue weighted by Gasteiger charge is 2.34. The SMILES string of the molecule is Nc1cccnc1NCC1CCN(C2CC2)C1. The first-order valence-corrected chi connectivity index (χ1v) is 6.51. The van der Waals surface area contributed by atoms with E-state index in [4.69, 9.17) is 5.73 Å². The summed E-state index contributed by atoms with van der Waals surface area (Å²) >= 11 is 0. The Hall–Kier alpha value is -1.29. The second-order valence-electron chi connectivity index (χ2n) is 5.20. The minimum Gasteiger partial charge on any atom is -0.396 e. The van der Waals surface area contributed by atoms with Crippen LogP contribution in [-0.2, 0) is 0 Å². The average Bonchev–Trinajstić information content (AvgIpc) is 3.08. The maximum atomic E-state index is 5.86. The summed E-state index contributed by atoms with van der Waals surface area (Å²) in [6, 6.07) is 4.66. The van der Waals surface area contributed by atoms with Crippen molar-refractivity contribution in [1.29, 1.82) is 0 Å². The topological polar surface area (TPSA) is 54.2 Å². The molecule has 1 unspecified atom stereocenters. The van der Waals surface area contributed by atoms with Gasteiger partial charge in [-0.05, 0) is 43.9 Å². The number of hydrogen-bond donors (Lipinski definition) is 2. The molecule has 1 aromatic rings. The van der Waals surface area contributed by atoms with Gasteiger partial charge in [-0.15, -0.1) is 0 Å². The van der Waals surface area contributed by atoms with Crippen molar-refractivity contribution in [2.45, 2.75) is 25.3 Å². The molecule has 0 aromatic carbocycles. The molecule has 3 N–H and O–H groups in total. The van der Waals surface area contributed by atoms with Gasteiger partial charge in [0, 0.05) is 25.3 Å². The van der Waals surface area contributed by atoms with Crippen LogP contribution >= 0.6 is 0 Å². The third kappa shape index (κ3) is 2.52. The van der Waals surface area contributed by atoms with E-state index in [1.54, 1.807) is 6.20 Å². The van der Waals surface area contributed by atoms with Crippen molar-refractivity contribution in [2.75, 3.05) is 30.7 Å². The zero-order valence-electron chi connectivity index (χ0n) is 10.1. The Balaban J connectivity index is 1.50. The van der Waals surface area contributed by atoms with Crippen molar-refractivity contribution in [1.82, 2.24) is 9.88 Å². The molecule has 1 saturated heterocycles. The van der Waals surface area contributed by atoms with E-state index in [1.165, 1.54) is 32.4 Å². The van der Waals surface area contributed by atoms with Crippen molar-refractivity contribution in [3.05, 3.63) is 18.3 Å². The molecule has 0 spiro atoms. The molecule has 17 heavy (non-hydrogen) atoms. The zero-order valence-corrected chi connectivity index (χ0v) is 10.1. The third-order valence-corrected chi connectivity index (χ3v) is 3.78. The quantitative estimate of drug-likeness (QED) is 0.827. The molecule has 4 heteroatoms. The van der Waals surface area contributed by atoms with Gasteiger partial charge in [0.15, 0.2) is 0 Å². The van der Waals surface area contributed by atoms with E-state index < -0.39 is 0 Å². The Bertz CT molecular complexity index is 389. The third-order valence-electron chi connectivity index (χ3n) is 3.78. The van der Waals surface area contributed by atoms with Gasteiger partial charge in [0.25, 0.3) is 0 Å². The van der Waals surface area contributed by atoms with Crippen LogP contribution in [0.15, 0.2) is 18.3 Å². The first-order chi connectivity index (χ1) is 8.33. The van der Waals surface area contributed by atoms with Crippen LogP contribution in [0.25, 0.3) is 0 Å². The standard InChI is InChI=1S/C13H20N4/c14-12-2-1-6-15-13(12)16-8-10-5-7-17(9-10)11-3-4-11/h1-2,6,10-11H,3-5,7-9,14H2,(H,15,16). The molecule has 2 fully saturated rings. The van der Waals surface area contributed by atoms with Crippen LogP contribution in [0.3, 0.4) is 0 Å². The second-order valence-corrected chi connectivity index (χ2v) is 5.20. The lowest BCUT2D eigenvalue weighted by Gasteiger charge is -2.15. The summed E-state index contributed by atoms with van der Waals surface area (Å²) in [5.74, 6) is 1.58. The number of likely N-dealkylation sites (tertiary alicyclic amines) is 1. The van der Waals surface area contributed by atoms with Crippen molar-refractivity contribution in [2.24, 2.45) is 5.92 Å². The van der Waals surface area contributed by atoms with Crippen LogP contribution in [0.4, 0.5) is 11.5 Å². The van der Waals surface area contributed by atoms with Gasteiger partial charge >= 0.3 is 0 Å². The van der Waals surface area contributed by atoms with E-state index in [-0.39, 0.29) is 0 Å². The molecule has 0 amide bonds. The summed E-state index contributed by atoms with van der Waals surface area (Å²) in [6.45, 7) is 3.50. The number of pyridine rings is 1. The molecule has 0 radical (unpaired) electrons. The smallest absolute Gasteiger partial charge is 0.149 e. The molecule has 1 atom stereocenters. The normalized spacial score (nSPS) is 25.1. The first kappa shape index (κ1) is 10.8. The largest absolute Gasteiger partial charge is 0.396 e. The van der Waals surface area contributed by atoms with Crippen LogP contribution in [0, 0.1) is 5.92 Å². The van der Waals surface area contributed by atoms with E-state index in [9.17, 15) is 0 Å². The molecule has 1 saturated carbocycles. The Morgan fingerprint density at radius 1 is 1.41 bits per heavy atom. The number of nitrogens with zero attached hydrogens (tertiary/aromatic N) is 2. The first-order valence-electron chi connectivity index (χ1n) is 6.51. The molecular formula is C13H20N4. The molecule has 4 nitrogen and oxygen atoms in total. The summed E-state index contributed by atoms with van der Waals surface area (Å²) in [7, 11) is 0. The number of nitrogens with one attached hydrogen (secondary N) is 1. The number of rotatable bonds is 4. The predicted octanol–water partition coefficient (Wildman–Crippen LogP) is 1.56. The van der Waals surface area contributed by atoms with Gasteiger partial charge in [-0.1, -0.05) is 0 Å². The monoisotopic (exact) mass is 232 g/mol. The fourth-order valence-electron chi connectivity index (χ4n) is 2.61. The van der Waals surface area contributed by atoms with Crippen molar-refractivity contribution >= 4 is 11.5 Å². The zero-order chi connectivity index (χ0) is 11.7. The second kappa shape index (κ2) is 4.53. The predicted molar refractivity (Wildman–Crippen MR) is 69.8 cm³/mol. The van der Waals surface area contributed by atoms with Gasteiger partial charge in [0.1, 0.15) is 5.82 Å². The van der Waals surface area contributed by atoms with Gasteiger partial charge in [0.2, 0.25) is 0 Å². The number of nitrogen functional groups attached to an aromatic ring is 1. The van der Waals surface area contributed by atoms with Gasteiger partial charge in [-0.25, -0.2) is 4.98 Å².